The lowest BCUT2D eigenvalue weighted by molar-refractivity contribution is 0.0554. The summed E-state index contributed by atoms with van der Waals surface area (Å²) in [6.45, 7) is 4.66. The molecule has 2 aromatic carbocycles. The third kappa shape index (κ3) is 2.73. The lowest BCUT2D eigenvalue weighted by atomic mass is 9.81. The first-order valence-electron chi connectivity index (χ1n) is 10.5. The number of methoxy groups -OCH3 is 2. The standard InChI is InChI=1S/C24H26O6/c1-5-12(2)17-9-15-16(29-17)7-6-13-23(25)22-14-8-19(26-3)20(27-4)10-18(14)28-11-21(22)30-24(13)15/h6-8,10,12,17,21-22H,5,9,11H2,1-4H3/t12?,17-,21-,22+/m1/s1. The molecule has 0 radical (unpaired) electrons. The van der Waals surface area contributed by atoms with Crippen molar-refractivity contribution in [3.05, 3.63) is 41.0 Å². The molecule has 4 atom stereocenters. The Morgan fingerprint density at radius 1 is 1.10 bits per heavy atom. The average molecular weight is 410 g/mol. The highest BCUT2D eigenvalue weighted by molar-refractivity contribution is 6.06. The van der Waals surface area contributed by atoms with Crippen LogP contribution in [0.1, 0.15) is 47.7 Å². The summed E-state index contributed by atoms with van der Waals surface area (Å²) in [6.07, 6.45) is 1.54. The summed E-state index contributed by atoms with van der Waals surface area (Å²) < 4.78 is 29.3. The quantitative estimate of drug-likeness (QED) is 0.754. The predicted molar refractivity (Wildman–Crippen MR) is 111 cm³/mol. The van der Waals surface area contributed by atoms with E-state index in [9.17, 15) is 4.79 Å². The zero-order valence-electron chi connectivity index (χ0n) is 17.7. The van der Waals surface area contributed by atoms with E-state index >= 15 is 0 Å². The second kappa shape index (κ2) is 7.11. The maximum Gasteiger partial charge on any atom is 0.178 e. The molecule has 6 nitrogen and oxygen atoms in total. The molecule has 3 heterocycles. The Bertz CT molecular complexity index is 1010. The second-order valence-electron chi connectivity index (χ2n) is 8.22. The summed E-state index contributed by atoms with van der Waals surface area (Å²) in [5, 5.41) is 0. The number of rotatable bonds is 4. The van der Waals surface area contributed by atoms with Gasteiger partial charge < -0.3 is 23.7 Å². The van der Waals surface area contributed by atoms with Gasteiger partial charge >= 0.3 is 0 Å². The Hall–Kier alpha value is -2.89. The molecule has 0 amide bonds. The summed E-state index contributed by atoms with van der Waals surface area (Å²) in [5.74, 6) is 3.32. The van der Waals surface area contributed by atoms with Gasteiger partial charge in [-0.15, -0.1) is 0 Å². The van der Waals surface area contributed by atoms with Gasteiger partial charge in [0, 0.05) is 23.6 Å². The Morgan fingerprint density at radius 3 is 2.60 bits per heavy atom. The van der Waals surface area contributed by atoms with Crippen molar-refractivity contribution >= 4 is 5.78 Å². The number of hydrogen-bond donors (Lipinski definition) is 0. The molecule has 0 fully saturated rings. The van der Waals surface area contributed by atoms with Crippen LogP contribution in [0.4, 0.5) is 0 Å². The van der Waals surface area contributed by atoms with Gasteiger partial charge in [-0.05, 0) is 24.1 Å². The molecule has 0 aliphatic carbocycles. The van der Waals surface area contributed by atoms with E-state index in [0.29, 0.717) is 41.1 Å². The molecule has 30 heavy (non-hydrogen) atoms. The average Bonchev–Trinajstić information content (AvgIpc) is 3.22. The molecule has 1 unspecified atom stereocenters. The van der Waals surface area contributed by atoms with Crippen LogP contribution in [0.25, 0.3) is 0 Å². The van der Waals surface area contributed by atoms with E-state index in [1.54, 1.807) is 20.3 Å². The molecule has 3 aliphatic heterocycles. The van der Waals surface area contributed by atoms with Crippen molar-refractivity contribution < 1.29 is 28.5 Å². The molecule has 3 aliphatic rings. The smallest absolute Gasteiger partial charge is 0.178 e. The maximum atomic E-state index is 13.6. The summed E-state index contributed by atoms with van der Waals surface area (Å²) in [4.78, 5) is 13.6. The van der Waals surface area contributed by atoms with E-state index in [0.717, 1.165) is 29.7 Å². The minimum atomic E-state index is -0.438. The van der Waals surface area contributed by atoms with Crippen LogP contribution in [-0.2, 0) is 6.42 Å². The number of benzene rings is 2. The van der Waals surface area contributed by atoms with E-state index < -0.39 is 5.92 Å². The number of carbonyl (C=O) groups excluding carboxylic acids is 1. The van der Waals surface area contributed by atoms with Crippen LogP contribution in [0.2, 0.25) is 0 Å². The molecule has 0 N–H and O–H groups in total. The summed E-state index contributed by atoms with van der Waals surface area (Å²) in [7, 11) is 3.16. The van der Waals surface area contributed by atoms with Crippen LogP contribution in [-0.4, -0.2) is 38.8 Å². The zero-order chi connectivity index (χ0) is 21.0. The van der Waals surface area contributed by atoms with Crippen LogP contribution in [0, 0.1) is 5.92 Å². The van der Waals surface area contributed by atoms with Crippen molar-refractivity contribution in [3.63, 3.8) is 0 Å². The van der Waals surface area contributed by atoms with Gasteiger partial charge in [0.2, 0.25) is 0 Å². The summed E-state index contributed by atoms with van der Waals surface area (Å²) in [5.41, 5.74) is 2.39. The van der Waals surface area contributed by atoms with E-state index in [1.807, 2.05) is 18.2 Å². The molecular weight excluding hydrogens is 384 g/mol. The number of ether oxygens (including phenoxy) is 5. The number of carbonyl (C=O) groups is 1. The molecule has 5 rings (SSSR count). The van der Waals surface area contributed by atoms with E-state index in [4.69, 9.17) is 23.7 Å². The first-order chi connectivity index (χ1) is 14.5. The van der Waals surface area contributed by atoms with Gasteiger partial charge in [-0.3, -0.25) is 4.79 Å². The fraction of sp³-hybridized carbons (Fsp3) is 0.458. The minimum Gasteiger partial charge on any atom is -0.493 e. The van der Waals surface area contributed by atoms with Crippen molar-refractivity contribution in [3.8, 4) is 28.7 Å². The third-order valence-corrected chi connectivity index (χ3v) is 6.62. The molecule has 0 bridgehead atoms. The second-order valence-corrected chi connectivity index (χ2v) is 8.22. The van der Waals surface area contributed by atoms with Crippen LogP contribution in [0.15, 0.2) is 24.3 Å². The van der Waals surface area contributed by atoms with Gasteiger partial charge in [0.1, 0.15) is 36.1 Å². The lowest BCUT2D eigenvalue weighted by Crippen LogP contribution is -2.43. The van der Waals surface area contributed by atoms with Gasteiger partial charge in [0.05, 0.1) is 25.7 Å². The molecule has 0 spiro atoms. The van der Waals surface area contributed by atoms with E-state index in [2.05, 4.69) is 13.8 Å². The van der Waals surface area contributed by atoms with Crippen LogP contribution in [0.5, 0.6) is 28.7 Å². The van der Waals surface area contributed by atoms with E-state index in [-0.39, 0.29) is 18.0 Å². The van der Waals surface area contributed by atoms with Crippen molar-refractivity contribution in [1.29, 1.82) is 0 Å². The summed E-state index contributed by atoms with van der Waals surface area (Å²) in [6, 6.07) is 7.35. The highest BCUT2D eigenvalue weighted by Gasteiger charge is 2.45. The Balaban J connectivity index is 1.55. The predicted octanol–water partition coefficient (Wildman–Crippen LogP) is 4.17. The van der Waals surface area contributed by atoms with Crippen LogP contribution in [0.3, 0.4) is 0 Å². The molecular formula is C24H26O6. The molecule has 6 heteroatoms. The lowest BCUT2D eigenvalue weighted by Gasteiger charge is -2.37. The van der Waals surface area contributed by atoms with Crippen molar-refractivity contribution in [2.75, 3.05) is 20.8 Å². The minimum absolute atomic E-state index is 0.0489. The maximum absolute atomic E-state index is 13.6. The number of hydrogen-bond acceptors (Lipinski definition) is 6. The third-order valence-electron chi connectivity index (χ3n) is 6.62. The highest BCUT2D eigenvalue weighted by Crippen LogP contribution is 2.50. The Labute approximate surface area is 176 Å². The summed E-state index contributed by atoms with van der Waals surface area (Å²) >= 11 is 0. The topological polar surface area (TPSA) is 63.2 Å². The van der Waals surface area contributed by atoms with Crippen LogP contribution < -0.4 is 23.7 Å². The Morgan fingerprint density at radius 2 is 1.87 bits per heavy atom. The van der Waals surface area contributed by atoms with Crippen molar-refractivity contribution in [1.82, 2.24) is 0 Å². The SMILES string of the molecule is CCC(C)[C@H]1Cc2c(ccc3c2O[C@@H]2COc4cc(OC)c(OC)cc4[C@@H]2C3=O)O1. The van der Waals surface area contributed by atoms with Gasteiger partial charge in [-0.25, -0.2) is 0 Å². The fourth-order valence-electron chi connectivity index (χ4n) is 4.67. The molecule has 0 saturated heterocycles. The highest BCUT2D eigenvalue weighted by atomic mass is 16.5. The number of fused-ring (bicyclic) bond motifs is 6. The van der Waals surface area contributed by atoms with Crippen molar-refractivity contribution in [2.45, 2.75) is 44.8 Å². The van der Waals surface area contributed by atoms with Gasteiger partial charge in [-0.1, -0.05) is 20.3 Å². The van der Waals surface area contributed by atoms with Crippen LogP contribution >= 0.6 is 0 Å². The van der Waals surface area contributed by atoms with Crippen molar-refractivity contribution in [2.24, 2.45) is 5.92 Å². The van der Waals surface area contributed by atoms with Gasteiger partial charge in [0.25, 0.3) is 0 Å². The molecule has 158 valence electrons. The van der Waals surface area contributed by atoms with Gasteiger partial charge in [-0.2, -0.15) is 0 Å². The Kier molecular flexibility index (Phi) is 4.53. The molecule has 0 saturated carbocycles. The van der Waals surface area contributed by atoms with E-state index in [1.165, 1.54) is 0 Å². The fourth-order valence-corrected chi connectivity index (χ4v) is 4.67. The molecule has 0 aromatic heterocycles. The van der Waals surface area contributed by atoms with Gasteiger partial charge in [0.15, 0.2) is 17.3 Å². The largest absolute Gasteiger partial charge is 0.493 e. The zero-order valence-corrected chi connectivity index (χ0v) is 17.7. The first kappa shape index (κ1) is 19.1. The first-order valence-corrected chi connectivity index (χ1v) is 10.5. The molecule has 2 aromatic rings. The number of ketones is 1. The normalized spacial score (nSPS) is 24.3. The number of Topliss-reactive ketones (excluding diaryl/α,β-unsaturated/α-hetero) is 1. The monoisotopic (exact) mass is 410 g/mol.